The van der Waals surface area contributed by atoms with Crippen LogP contribution in [0.2, 0.25) is 0 Å². The maximum Gasteiger partial charge on any atom is 0.139 e. The van der Waals surface area contributed by atoms with Gasteiger partial charge in [-0.05, 0) is 106 Å². The first-order valence-electron chi connectivity index (χ1n) is 11.1. The average Bonchev–Trinajstić information content (AvgIpc) is 2.73. The van der Waals surface area contributed by atoms with Crippen LogP contribution in [0.15, 0.2) is 42.5 Å². The molecule has 0 heterocycles. The molecule has 2 aliphatic rings. The van der Waals surface area contributed by atoms with E-state index in [1.165, 1.54) is 50.2 Å². The van der Waals surface area contributed by atoms with Gasteiger partial charge < -0.3 is 4.74 Å². The minimum absolute atomic E-state index is 0.245. The Bertz CT molecular complexity index is 889. The molecule has 4 rings (SSSR count). The van der Waals surface area contributed by atoms with Crippen molar-refractivity contribution in [1.82, 2.24) is 0 Å². The van der Waals surface area contributed by atoms with Crippen molar-refractivity contribution in [2.45, 2.75) is 64.4 Å². The summed E-state index contributed by atoms with van der Waals surface area (Å²) in [7, 11) is 0. The predicted molar refractivity (Wildman–Crippen MR) is 116 cm³/mol. The average molecular weight is 391 g/mol. The molecule has 2 aliphatic carbocycles. The second-order valence-corrected chi connectivity index (χ2v) is 8.78. The molecule has 0 radical (unpaired) electrons. The number of hydrogen-bond donors (Lipinski definition) is 0. The van der Waals surface area contributed by atoms with Gasteiger partial charge in [0.1, 0.15) is 5.82 Å². The SMILES string of the molecule is CCOC1CCC2CC(c3ccc(C#Cc4ccc(C)cc4F)cc3)CCC2C1. The maximum atomic E-state index is 14.0. The molecule has 2 saturated carbocycles. The van der Waals surface area contributed by atoms with E-state index < -0.39 is 0 Å². The summed E-state index contributed by atoms with van der Waals surface area (Å²) < 4.78 is 19.8. The first-order chi connectivity index (χ1) is 14.1. The Morgan fingerprint density at radius 1 is 0.931 bits per heavy atom. The Morgan fingerprint density at radius 2 is 1.69 bits per heavy atom. The molecule has 4 unspecified atom stereocenters. The smallest absolute Gasteiger partial charge is 0.139 e. The highest BCUT2D eigenvalue weighted by atomic mass is 19.1. The number of halogens is 1. The van der Waals surface area contributed by atoms with Crippen molar-refractivity contribution in [3.63, 3.8) is 0 Å². The highest BCUT2D eigenvalue weighted by Gasteiger charge is 2.36. The van der Waals surface area contributed by atoms with Gasteiger partial charge in [0.2, 0.25) is 0 Å². The van der Waals surface area contributed by atoms with E-state index in [0.29, 0.717) is 17.6 Å². The zero-order valence-electron chi connectivity index (χ0n) is 17.6. The van der Waals surface area contributed by atoms with Crippen molar-refractivity contribution < 1.29 is 9.13 Å². The summed E-state index contributed by atoms with van der Waals surface area (Å²) in [6, 6.07) is 13.8. The summed E-state index contributed by atoms with van der Waals surface area (Å²) >= 11 is 0. The van der Waals surface area contributed by atoms with Gasteiger partial charge in [0.05, 0.1) is 11.7 Å². The van der Waals surface area contributed by atoms with E-state index in [1.807, 2.05) is 13.0 Å². The van der Waals surface area contributed by atoms with E-state index in [9.17, 15) is 4.39 Å². The van der Waals surface area contributed by atoms with Crippen LogP contribution in [0.4, 0.5) is 4.39 Å². The van der Waals surface area contributed by atoms with Crippen LogP contribution < -0.4 is 0 Å². The molecular formula is C27H31FO. The van der Waals surface area contributed by atoms with Gasteiger partial charge in [0.15, 0.2) is 0 Å². The van der Waals surface area contributed by atoms with E-state index >= 15 is 0 Å². The maximum absolute atomic E-state index is 14.0. The Hall–Kier alpha value is -2.11. The Kier molecular flexibility index (Phi) is 6.36. The second kappa shape index (κ2) is 9.14. The molecule has 2 heteroatoms. The molecule has 0 aromatic heterocycles. The molecule has 2 aromatic carbocycles. The molecule has 152 valence electrons. The number of hydrogen-bond acceptors (Lipinski definition) is 1. The summed E-state index contributed by atoms with van der Waals surface area (Å²) in [6.07, 6.45) is 8.21. The van der Waals surface area contributed by atoms with Crippen LogP contribution in [0.5, 0.6) is 0 Å². The molecule has 2 aromatic rings. The van der Waals surface area contributed by atoms with Crippen LogP contribution in [0, 0.1) is 36.4 Å². The van der Waals surface area contributed by atoms with Gasteiger partial charge >= 0.3 is 0 Å². The van der Waals surface area contributed by atoms with Crippen LogP contribution in [0.25, 0.3) is 0 Å². The fourth-order valence-corrected chi connectivity index (χ4v) is 5.24. The van der Waals surface area contributed by atoms with Gasteiger partial charge in [-0.15, -0.1) is 0 Å². The Labute approximate surface area is 174 Å². The van der Waals surface area contributed by atoms with Crippen LogP contribution in [0.1, 0.15) is 73.6 Å². The number of aryl methyl sites for hydroxylation is 1. The third kappa shape index (κ3) is 4.90. The zero-order valence-corrected chi connectivity index (χ0v) is 17.6. The van der Waals surface area contributed by atoms with Gasteiger partial charge in [-0.3, -0.25) is 0 Å². The lowest BCUT2D eigenvalue weighted by molar-refractivity contribution is -0.00955. The fraction of sp³-hybridized carbons (Fsp3) is 0.481. The van der Waals surface area contributed by atoms with Crippen molar-refractivity contribution in [3.05, 3.63) is 70.5 Å². The molecule has 4 atom stereocenters. The van der Waals surface area contributed by atoms with E-state index in [-0.39, 0.29) is 5.82 Å². The molecule has 0 N–H and O–H groups in total. The summed E-state index contributed by atoms with van der Waals surface area (Å²) in [5.74, 6) is 8.21. The fourth-order valence-electron chi connectivity index (χ4n) is 5.24. The Balaban J connectivity index is 1.38. The topological polar surface area (TPSA) is 9.23 Å². The lowest BCUT2D eigenvalue weighted by Gasteiger charge is -2.42. The lowest BCUT2D eigenvalue weighted by atomic mass is 9.65. The molecule has 29 heavy (non-hydrogen) atoms. The molecule has 1 nitrogen and oxygen atoms in total. The summed E-state index contributed by atoms with van der Waals surface area (Å²) in [4.78, 5) is 0. The van der Waals surface area contributed by atoms with Crippen LogP contribution in [0.3, 0.4) is 0 Å². The van der Waals surface area contributed by atoms with Crippen molar-refractivity contribution in [2.75, 3.05) is 6.61 Å². The van der Waals surface area contributed by atoms with Gasteiger partial charge in [-0.2, -0.15) is 0 Å². The standard InChI is InChI=1S/C27H31FO/c1-3-29-26-15-14-24-17-23(12-13-25(24)18-26)21-9-5-20(6-10-21)7-11-22-8-4-19(2)16-27(22)28/h4-6,8-10,16,23-26H,3,12-15,17-18H2,1-2H3. The molecule has 0 saturated heterocycles. The van der Waals surface area contributed by atoms with Gasteiger partial charge in [0, 0.05) is 12.2 Å². The highest BCUT2D eigenvalue weighted by molar-refractivity contribution is 5.45. The van der Waals surface area contributed by atoms with E-state index in [2.05, 4.69) is 43.0 Å². The number of ether oxygens (including phenoxy) is 1. The number of benzene rings is 2. The van der Waals surface area contributed by atoms with Crippen LogP contribution >= 0.6 is 0 Å². The van der Waals surface area contributed by atoms with Crippen LogP contribution in [-0.2, 0) is 4.74 Å². The molecule has 0 amide bonds. The van der Waals surface area contributed by atoms with Crippen molar-refractivity contribution in [1.29, 1.82) is 0 Å². The predicted octanol–water partition coefficient (Wildman–Crippen LogP) is 6.62. The van der Waals surface area contributed by atoms with Gasteiger partial charge in [-0.25, -0.2) is 4.39 Å². The van der Waals surface area contributed by atoms with Crippen molar-refractivity contribution in [3.8, 4) is 11.8 Å². The first kappa shape index (κ1) is 20.2. The van der Waals surface area contributed by atoms with Crippen molar-refractivity contribution in [2.24, 2.45) is 11.8 Å². The molecular weight excluding hydrogens is 359 g/mol. The van der Waals surface area contributed by atoms with E-state index in [4.69, 9.17) is 4.74 Å². The second-order valence-electron chi connectivity index (χ2n) is 8.78. The molecule has 0 aliphatic heterocycles. The Morgan fingerprint density at radius 3 is 2.45 bits per heavy atom. The lowest BCUT2D eigenvalue weighted by Crippen LogP contribution is -2.33. The third-order valence-corrected chi connectivity index (χ3v) is 6.82. The highest BCUT2D eigenvalue weighted by Crippen LogP contribution is 2.46. The van der Waals surface area contributed by atoms with Crippen LogP contribution in [-0.4, -0.2) is 12.7 Å². The third-order valence-electron chi connectivity index (χ3n) is 6.82. The molecule has 0 bridgehead atoms. The quantitative estimate of drug-likeness (QED) is 0.535. The number of fused-ring (bicyclic) bond motifs is 1. The van der Waals surface area contributed by atoms with Gasteiger partial charge in [0.25, 0.3) is 0 Å². The minimum atomic E-state index is -0.245. The zero-order chi connectivity index (χ0) is 20.2. The summed E-state index contributed by atoms with van der Waals surface area (Å²) in [5, 5.41) is 0. The normalized spacial score (nSPS) is 26.3. The van der Waals surface area contributed by atoms with E-state index in [0.717, 1.165) is 29.6 Å². The first-order valence-corrected chi connectivity index (χ1v) is 11.1. The minimum Gasteiger partial charge on any atom is -0.378 e. The number of rotatable bonds is 3. The largest absolute Gasteiger partial charge is 0.378 e. The van der Waals surface area contributed by atoms with Gasteiger partial charge in [-0.1, -0.05) is 30.0 Å². The molecule has 0 spiro atoms. The molecule has 2 fully saturated rings. The van der Waals surface area contributed by atoms with E-state index in [1.54, 1.807) is 6.07 Å². The summed E-state index contributed by atoms with van der Waals surface area (Å²) in [5.41, 5.74) is 3.75. The summed E-state index contributed by atoms with van der Waals surface area (Å²) in [6.45, 7) is 4.84. The monoisotopic (exact) mass is 390 g/mol. The van der Waals surface area contributed by atoms with Crippen molar-refractivity contribution >= 4 is 0 Å².